The summed E-state index contributed by atoms with van der Waals surface area (Å²) in [5.41, 5.74) is 1.71. The summed E-state index contributed by atoms with van der Waals surface area (Å²) in [6.45, 7) is 6.31. The van der Waals surface area contributed by atoms with E-state index in [0.717, 1.165) is 28.1 Å². The van der Waals surface area contributed by atoms with E-state index in [1.54, 1.807) is 6.07 Å². The molecule has 0 atom stereocenters. The molecule has 0 spiro atoms. The molecule has 0 amide bonds. The van der Waals surface area contributed by atoms with E-state index in [2.05, 4.69) is 22.5 Å². The number of halogens is 1. The molecule has 0 saturated heterocycles. The van der Waals surface area contributed by atoms with Gasteiger partial charge in [0.05, 0.1) is 0 Å². The van der Waals surface area contributed by atoms with Crippen molar-refractivity contribution in [2.24, 2.45) is 0 Å². The maximum absolute atomic E-state index is 10.5. The molecule has 0 aliphatic carbocycles. The van der Waals surface area contributed by atoms with Gasteiger partial charge in [0.2, 0.25) is 0 Å². The average molecular weight is 311 g/mol. The third-order valence-electron chi connectivity index (χ3n) is 2.31. The minimum atomic E-state index is -0.987. The Balaban J connectivity index is 2.89. The monoisotopic (exact) mass is 310 g/mol. The Hall–Kier alpha value is -1.55. The second-order valence-corrected chi connectivity index (χ2v) is 4.66. The van der Waals surface area contributed by atoms with E-state index < -0.39 is 5.97 Å². The number of carboxylic acids is 1. The third-order valence-corrected chi connectivity index (χ3v) is 2.80. The van der Waals surface area contributed by atoms with Crippen molar-refractivity contribution in [1.29, 1.82) is 0 Å². The summed E-state index contributed by atoms with van der Waals surface area (Å²) < 4.78 is 6.48. The summed E-state index contributed by atoms with van der Waals surface area (Å²) in [5, 5.41) is 8.64. The van der Waals surface area contributed by atoms with E-state index in [4.69, 9.17) is 9.84 Å². The van der Waals surface area contributed by atoms with Gasteiger partial charge in [-0.1, -0.05) is 29.4 Å². The first-order valence-electron chi connectivity index (χ1n) is 5.53. The molecule has 0 bridgehead atoms. The van der Waals surface area contributed by atoms with Crippen molar-refractivity contribution in [2.75, 3.05) is 6.61 Å². The summed E-state index contributed by atoms with van der Waals surface area (Å²) in [5.74, 6) is -0.343. The molecule has 0 aromatic heterocycles. The number of carbonyl (C=O) groups is 1. The molecule has 0 saturated carbocycles. The topological polar surface area (TPSA) is 46.5 Å². The van der Waals surface area contributed by atoms with Crippen molar-refractivity contribution in [2.45, 2.75) is 13.3 Å². The third kappa shape index (κ3) is 4.75. The summed E-state index contributed by atoms with van der Waals surface area (Å²) in [6, 6.07) is 5.46. The van der Waals surface area contributed by atoms with Crippen LogP contribution in [0.2, 0.25) is 0 Å². The lowest BCUT2D eigenvalue weighted by atomic mass is 10.2. The van der Waals surface area contributed by atoms with E-state index in [-0.39, 0.29) is 0 Å². The molecular weight excluding hydrogens is 296 g/mol. The van der Waals surface area contributed by atoms with Crippen molar-refractivity contribution in [3.05, 3.63) is 46.5 Å². The van der Waals surface area contributed by atoms with Gasteiger partial charge in [0.25, 0.3) is 0 Å². The molecule has 1 aromatic rings. The zero-order chi connectivity index (χ0) is 13.5. The van der Waals surface area contributed by atoms with Gasteiger partial charge in [-0.15, -0.1) is 0 Å². The van der Waals surface area contributed by atoms with E-state index in [1.807, 2.05) is 19.1 Å². The number of rotatable bonds is 6. The van der Waals surface area contributed by atoms with Gasteiger partial charge in [-0.25, -0.2) is 4.79 Å². The van der Waals surface area contributed by atoms with Gasteiger partial charge >= 0.3 is 5.97 Å². The van der Waals surface area contributed by atoms with Gasteiger partial charge < -0.3 is 9.84 Å². The Morgan fingerprint density at radius 2 is 2.28 bits per heavy atom. The minimum Gasteiger partial charge on any atom is -0.489 e. The molecule has 4 heteroatoms. The fraction of sp³-hybridized carbons (Fsp3) is 0.214. The number of aliphatic carboxylic acids is 1. The summed E-state index contributed by atoms with van der Waals surface area (Å²) in [4.78, 5) is 10.5. The van der Waals surface area contributed by atoms with Crippen LogP contribution in [0, 0.1) is 0 Å². The van der Waals surface area contributed by atoms with Crippen LogP contribution in [0.25, 0.3) is 6.08 Å². The molecule has 1 rings (SSSR count). The largest absolute Gasteiger partial charge is 0.489 e. The van der Waals surface area contributed by atoms with Crippen molar-refractivity contribution in [3.63, 3.8) is 0 Å². The lowest BCUT2D eigenvalue weighted by molar-refractivity contribution is -0.131. The van der Waals surface area contributed by atoms with Crippen molar-refractivity contribution >= 4 is 28.0 Å². The fourth-order valence-electron chi connectivity index (χ4n) is 1.22. The van der Waals surface area contributed by atoms with Gasteiger partial charge in [0.15, 0.2) is 0 Å². The van der Waals surface area contributed by atoms with E-state index in [1.165, 1.54) is 6.08 Å². The number of hydrogen-bond donors (Lipinski definition) is 1. The SMILES string of the molecule is C=C(CC)COc1ccc(Br)cc1C=CC(=O)O. The highest BCUT2D eigenvalue weighted by molar-refractivity contribution is 9.10. The zero-order valence-electron chi connectivity index (χ0n) is 10.1. The molecule has 3 nitrogen and oxygen atoms in total. The Morgan fingerprint density at radius 3 is 2.89 bits per heavy atom. The number of benzene rings is 1. The molecule has 0 heterocycles. The van der Waals surface area contributed by atoms with E-state index in [9.17, 15) is 4.79 Å². The molecule has 0 aliphatic heterocycles. The van der Waals surface area contributed by atoms with E-state index in [0.29, 0.717) is 12.4 Å². The Kier molecular flexibility index (Phi) is 5.65. The van der Waals surface area contributed by atoms with Crippen LogP contribution in [-0.4, -0.2) is 17.7 Å². The zero-order valence-corrected chi connectivity index (χ0v) is 11.7. The maximum atomic E-state index is 10.5. The van der Waals surface area contributed by atoms with Gasteiger partial charge in [-0.2, -0.15) is 0 Å². The lowest BCUT2D eigenvalue weighted by Crippen LogP contribution is -2.01. The molecule has 18 heavy (non-hydrogen) atoms. The highest BCUT2D eigenvalue weighted by atomic mass is 79.9. The molecule has 96 valence electrons. The molecule has 0 unspecified atom stereocenters. The predicted molar refractivity (Wildman–Crippen MR) is 75.7 cm³/mol. The average Bonchev–Trinajstić information content (AvgIpc) is 2.34. The minimum absolute atomic E-state index is 0.437. The number of ether oxygens (including phenoxy) is 1. The van der Waals surface area contributed by atoms with Gasteiger partial charge in [0.1, 0.15) is 12.4 Å². The number of hydrogen-bond acceptors (Lipinski definition) is 2. The van der Waals surface area contributed by atoms with Gasteiger partial charge in [-0.3, -0.25) is 0 Å². The van der Waals surface area contributed by atoms with Crippen LogP contribution in [0.5, 0.6) is 5.75 Å². The van der Waals surface area contributed by atoms with Crippen molar-refractivity contribution < 1.29 is 14.6 Å². The first kappa shape index (κ1) is 14.5. The fourth-order valence-corrected chi connectivity index (χ4v) is 1.60. The molecule has 0 aliphatic rings. The summed E-state index contributed by atoms with van der Waals surface area (Å²) >= 11 is 3.34. The second kappa shape index (κ2) is 7.01. The Morgan fingerprint density at radius 1 is 1.56 bits per heavy atom. The number of carboxylic acid groups (broad SMARTS) is 1. The molecule has 0 fully saturated rings. The lowest BCUT2D eigenvalue weighted by Gasteiger charge is -2.10. The highest BCUT2D eigenvalue weighted by Crippen LogP contribution is 2.25. The summed E-state index contributed by atoms with van der Waals surface area (Å²) in [6.07, 6.45) is 3.46. The second-order valence-electron chi connectivity index (χ2n) is 3.75. The van der Waals surface area contributed by atoms with Crippen LogP contribution in [0.15, 0.2) is 40.9 Å². The van der Waals surface area contributed by atoms with Gasteiger partial charge in [0, 0.05) is 16.1 Å². The molecule has 1 aromatic carbocycles. The van der Waals surface area contributed by atoms with Crippen molar-refractivity contribution in [1.82, 2.24) is 0 Å². The van der Waals surface area contributed by atoms with Gasteiger partial charge in [-0.05, 0) is 36.3 Å². The molecule has 1 N–H and O–H groups in total. The van der Waals surface area contributed by atoms with Crippen LogP contribution in [0.4, 0.5) is 0 Å². The van der Waals surface area contributed by atoms with Crippen LogP contribution in [0.3, 0.4) is 0 Å². The normalized spacial score (nSPS) is 10.6. The first-order valence-corrected chi connectivity index (χ1v) is 6.32. The van der Waals surface area contributed by atoms with Crippen LogP contribution in [0.1, 0.15) is 18.9 Å². The Labute approximate surface area is 115 Å². The van der Waals surface area contributed by atoms with Crippen LogP contribution in [-0.2, 0) is 4.79 Å². The van der Waals surface area contributed by atoms with Crippen LogP contribution < -0.4 is 4.74 Å². The maximum Gasteiger partial charge on any atom is 0.328 e. The predicted octanol–water partition coefficient (Wildman–Crippen LogP) is 3.89. The Bertz CT molecular complexity index is 478. The highest BCUT2D eigenvalue weighted by Gasteiger charge is 2.03. The van der Waals surface area contributed by atoms with Crippen LogP contribution >= 0.6 is 15.9 Å². The molecule has 0 radical (unpaired) electrons. The first-order chi connectivity index (χ1) is 8.52. The molecular formula is C14H15BrO3. The summed E-state index contributed by atoms with van der Waals surface area (Å²) in [7, 11) is 0. The standard InChI is InChI=1S/C14H15BrO3/c1-3-10(2)9-18-13-6-5-12(15)8-11(13)4-7-14(16)17/h4-8H,2-3,9H2,1H3,(H,16,17). The van der Waals surface area contributed by atoms with Crippen molar-refractivity contribution in [3.8, 4) is 5.75 Å². The quantitative estimate of drug-likeness (QED) is 0.640. The van der Waals surface area contributed by atoms with E-state index >= 15 is 0 Å². The smallest absolute Gasteiger partial charge is 0.328 e.